The SMILES string of the molecule is CC1=CCN(C(=O)Cn2cc(C(=O)O)nn2)CC1. The van der Waals surface area contributed by atoms with Crippen LogP contribution in [0.25, 0.3) is 0 Å². The molecule has 1 aromatic rings. The van der Waals surface area contributed by atoms with Crippen molar-refractivity contribution in [3.8, 4) is 0 Å². The van der Waals surface area contributed by atoms with Crippen LogP contribution in [-0.4, -0.2) is 50.0 Å². The highest BCUT2D eigenvalue weighted by Gasteiger charge is 2.17. The summed E-state index contributed by atoms with van der Waals surface area (Å²) in [4.78, 5) is 24.3. The first-order valence-corrected chi connectivity index (χ1v) is 5.63. The van der Waals surface area contributed by atoms with Crippen LogP contribution in [0, 0.1) is 0 Å². The van der Waals surface area contributed by atoms with Crippen molar-refractivity contribution in [3.05, 3.63) is 23.5 Å². The Morgan fingerprint density at radius 2 is 2.28 bits per heavy atom. The second kappa shape index (κ2) is 4.99. The van der Waals surface area contributed by atoms with Crippen molar-refractivity contribution < 1.29 is 14.7 Å². The van der Waals surface area contributed by atoms with Crippen molar-refractivity contribution in [2.75, 3.05) is 13.1 Å². The summed E-state index contributed by atoms with van der Waals surface area (Å²) in [7, 11) is 0. The Morgan fingerprint density at radius 1 is 1.50 bits per heavy atom. The van der Waals surface area contributed by atoms with Gasteiger partial charge in [-0.15, -0.1) is 5.10 Å². The lowest BCUT2D eigenvalue weighted by Crippen LogP contribution is -2.37. The number of carbonyl (C=O) groups is 2. The van der Waals surface area contributed by atoms with Crippen molar-refractivity contribution in [3.63, 3.8) is 0 Å². The largest absolute Gasteiger partial charge is 0.476 e. The monoisotopic (exact) mass is 250 g/mol. The topological polar surface area (TPSA) is 88.3 Å². The van der Waals surface area contributed by atoms with E-state index >= 15 is 0 Å². The molecule has 0 unspecified atom stereocenters. The molecule has 2 heterocycles. The predicted molar refractivity (Wildman–Crippen MR) is 61.9 cm³/mol. The van der Waals surface area contributed by atoms with Gasteiger partial charge in [-0.25, -0.2) is 9.48 Å². The van der Waals surface area contributed by atoms with Gasteiger partial charge in [0.05, 0.1) is 6.20 Å². The number of rotatable bonds is 3. The van der Waals surface area contributed by atoms with Gasteiger partial charge in [0.25, 0.3) is 0 Å². The quantitative estimate of drug-likeness (QED) is 0.772. The molecule has 2 rings (SSSR count). The lowest BCUT2D eigenvalue weighted by molar-refractivity contribution is -0.131. The summed E-state index contributed by atoms with van der Waals surface area (Å²) < 4.78 is 1.25. The summed E-state index contributed by atoms with van der Waals surface area (Å²) in [5.74, 6) is -1.23. The molecule has 0 radical (unpaired) electrons. The molecule has 0 spiro atoms. The van der Waals surface area contributed by atoms with E-state index in [1.807, 2.05) is 13.0 Å². The van der Waals surface area contributed by atoms with Crippen molar-refractivity contribution in [2.45, 2.75) is 19.9 Å². The molecule has 7 nitrogen and oxygen atoms in total. The fraction of sp³-hybridized carbons (Fsp3) is 0.455. The minimum Gasteiger partial charge on any atom is -0.476 e. The Balaban J connectivity index is 1.96. The van der Waals surface area contributed by atoms with Crippen LogP contribution in [0.15, 0.2) is 17.8 Å². The summed E-state index contributed by atoms with van der Waals surface area (Å²) >= 11 is 0. The third-order valence-electron chi connectivity index (χ3n) is 2.84. The van der Waals surface area contributed by atoms with Crippen molar-refractivity contribution in [1.29, 1.82) is 0 Å². The number of carboxylic acid groups (broad SMARTS) is 1. The molecular weight excluding hydrogens is 236 g/mol. The molecule has 1 N–H and O–H groups in total. The molecule has 0 aromatic carbocycles. The van der Waals surface area contributed by atoms with Gasteiger partial charge in [0.2, 0.25) is 5.91 Å². The molecule has 0 saturated carbocycles. The minimum absolute atomic E-state index is 0.0210. The van der Waals surface area contributed by atoms with Gasteiger partial charge in [-0.1, -0.05) is 16.9 Å². The highest BCUT2D eigenvalue weighted by Crippen LogP contribution is 2.10. The Morgan fingerprint density at radius 3 is 2.83 bits per heavy atom. The third-order valence-corrected chi connectivity index (χ3v) is 2.84. The van der Waals surface area contributed by atoms with E-state index in [-0.39, 0.29) is 18.1 Å². The van der Waals surface area contributed by atoms with Gasteiger partial charge in [0.15, 0.2) is 5.69 Å². The van der Waals surface area contributed by atoms with Gasteiger partial charge in [0.1, 0.15) is 6.54 Å². The summed E-state index contributed by atoms with van der Waals surface area (Å²) in [5, 5.41) is 15.8. The molecular formula is C11H14N4O3. The summed E-state index contributed by atoms with van der Waals surface area (Å²) in [5.41, 5.74) is 1.13. The van der Waals surface area contributed by atoms with E-state index in [4.69, 9.17) is 5.11 Å². The van der Waals surface area contributed by atoms with Gasteiger partial charge in [0, 0.05) is 13.1 Å². The van der Waals surface area contributed by atoms with Crippen LogP contribution >= 0.6 is 0 Å². The van der Waals surface area contributed by atoms with Crippen LogP contribution < -0.4 is 0 Å². The second-order valence-electron chi connectivity index (χ2n) is 4.25. The molecule has 0 atom stereocenters. The molecule has 1 aromatic heterocycles. The molecule has 1 aliphatic heterocycles. The van der Waals surface area contributed by atoms with Crippen LogP contribution in [-0.2, 0) is 11.3 Å². The maximum atomic E-state index is 11.9. The van der Waals surface area contributed by atoms with Gasteiger partial charge in [-0.2, -0.15) is 0 Å². The normalized spacial score (nSPS) is 15.4. The van der Waals surface area contributed by atoms with E-state index in [2.05, 4.69) is 10.3 Å². The van der Waals surface area contributed by atoms with E-state index in [1.165, 1.54) is 16.5 Å². The average molecular weight is 250 g/mol. The number of amides is 1. The van der Waals surface area contributed by atoms with E-state index in [9.17, 15) is 9.59 Å². The highest BCUT2D eigenvalue weighted by atomic mass is 16.4. The molecule has 18 heavy (non-hydrogen) atoms. The Kier molecular flexibility index (Phi) is 3.40. The van der Waals surface area contributed by atoms with E-state index in [0.717, 1.165) is 6.42 Å². The Bertz CT molecular complexity index is 506. The number of carboxylic acids is 1. The van der Waals surface area contributed by atoms with Crippen LogP contribution in [0.3, 0.4) is 0 Å². The van der Waals surface area contributed by atoms with E-state index < -0.39 is 5.97 Å². The zero-order chi connectivity index (χ0) is 13.1. The van der Waals surface area contributed by atoms with E-state index in [0.29, 0.717) is 13.1 Å². The molecule has 0 saturated heterocycles. The first-order chi connectivity index (χ1) is 8.56. The van der Waals surface area contributed by atoms with E-state index in [1.54, 1.807) is 4.90 Å². The second-order valence-corrected chi connectivity index (χ2v) is 4.25. The lowest BCUT2D eigenvalue weighted by Gasteiger charge is -2.25. The fourth-order valence-corrected chi connectivity index (χ4v) is 1.71. The molecule has 0 bridgehead atoms. The predicted octanol–water partition coefficient (Wildman–Crippen LogP) is 0.155. The summed E-state index contributed by atoms with van der Waals surface area (Å²) in [6.45, 7) is 3.36. The Labute approximate surface area is 104 Å². The summed E-state index contributed by atoms with van der Waals surface area (Å²) in [6.07, 6.45) is 4.15. The number of hydrogen-bond donors (Lipinski definition) is 1. The molecule has 7 heteroatoms. The number of aromatic carboxylic acids is 1. The Hall–Kier alpha value is -2.18. The van der Waals surface area contributed by atoms with Crippen LogP contribution in [0.4, 0.5) is 0 Å². The van der Waals surface area contributed by atoms with Crippen LogP contribution in [0.1, 0.15) is 23.8 Å². The zero-order valence-electron chi connectivity index (χ0n) is 10.0. The van der Waals surface area contributed by atoms with Crippen molar-refractivity contribution in [2.24, 2.45) is 0 Å². The van der Waals surface area contributed by atoms with Gasteiger partial charge in [-0.3, -0.25) is 4.79 Å². The number of nitrogens with zero attached hydrogens (tertiary/aromatic N) is 4. The molecule has 1 aliphatic rings. The maximum Gasteiger partial charge on any atom is 0.358 e. The first-order valence-electron chi connectivity index (χ1n) is 5.63. The van der Waals surface area contributed by atoms with Gasteiger partial charge < -0.3 is 10.0 Å². The minimum atomic E-state index is -1.15. The highest BCUT2D eigenvalue weighted by molar-refractivity contribution is 5.84. The smallest absolute Gasteiger partial charge is 0.358 e. The average Bonchev–Trinajstić information content (AvgIpc) is 2.78. The maximum absolute atomic E-state index is 11.9. The van der Waals surface area contributed by atoms with Crippen LogP contribution in [0.5, 0.6) is 0 Å². The number of carbonyl (C=O) groups excluding carboxylic acids is 1. The fourth-order valence-electron chi connectivity index (χ4n) is 1.71. The molecule has 1 amide bonds. The molecule has 96 valence electrons. The van der Waals surface area contributed by atoms with Crippen molar-refractivity contribution >= 4 is 11.9 Å². The van der Waals surface area contributed by atoms with Crippen molar-refractivity contribution in [1.82, 2.24) is 19.9 Å². The summed E-state index contributed by atoms with van der Waals surface area (Å²) in [6, 6.07) is 0. The number of aromatic nitrogens is 3. The first kappa shape index (κ1) is 12.3. The third kappa shape index (κ3) is 2.73. The zero-order valence-corrected chi connectivity index (χ0v) is 10.0. The standard InChI is InChI=1S/C11H14N4O3/c1-8-2-4-14(5-3-8)10(16)7-15-6-9(11(17)18)12-13-15/h2,6H,3-5,7H2,1H3,(H,17,18). The van der Waals surface area contributed by atoms with Gasteiger partial charge >= 0.3 is 5.97 Å². The number of hydrogen-bond acceptors (Lipinski definition) is 4. The van der Waals surface area contributed by atoms with Gasteiger partial charge in [-0.05, 0) is 13.3 Å². The molecule has 0 aliphatic carbocycles. The van der Waals surface area contributed by atoms with Crippen LogP contribution in [0.2, 0.25) is 0 Å². The molecule has 0 fully saturated rings. The lowest BCUT2D eigenvalue weighted by atomic mass is 10.1.